The lowest BCUT2D eigenvalue weighted by molar-refractivity contribution is -0.0693. The summed E-state index contributed by atoms with van der Waals surface area (Å²) in [7, 11) is 0. The molecule has 1 aliphatic heterocycles. The molecule has 0 spiro atoms. The van der Waals surface area contributed by atoms with E-state index < -0.39 is 5.60 Å². The highest BCUT2D eigenvalue weighted by Gasteiger charge is 2.32. The van der Waals surface area contributed by atoms with Crippen LogP contribution < -0.4 is 0 Å². The van der Waals surface area contributed by atoms with E-state index in [1.165, 1.54) is 0 Å². The molecule has 1 aromatic rings. The van der Waals surface area contributed by atoms with E-state index in [1.807, 2.05) is 12.4 Å². The Morgan fingerprint density at radius 1 is 1.50 bits per heavy atom. The maximum atomic E-state index is 10.1. The van der Waals surface area contributed by atoms with E-state index in [0.717, 1.165) is 38.3 Å². The van der Waals surface area contributed by atoms with E-state index in [1.54, 1.807) is 0 Å². The van der Waals surface area contributed by atoms with Gasteiger partial charge in [-0.05, 0) is 25.8 Å². The van der Waals surface area contributed by atoms with Crippen LogP contribution in [0, 0.1) is 0 Å². The van der Waals surface area contributed by atoms with Crippen molar-refractivity contribution in [3.05, 3.63) is 18.2 Å². The first kappa shape index (κ1) is 13.5. The molecule has 0 bridgehead atoms. The van der Waals surface area contributed by atoms with Gasteiger partial charge in [-0.15, -0.1) is 0 Å². The number of aromatic nitrogens is 2. The lowest BCUT2D eigenvalue weighted by Crippen LogP contribution is -2.50. The number of aliphatic hydroxyl groups excluding tert-OH is 1. The van der Waals surface area contributed by atoms with E-state index in [0.29, 0.717) is 13.0 Å². The maximum Gasteiger partial charge on any atom is 0.122 e. The minimum Gasteiger partial charge on any atom is -0.393 e. The highest BCUT2D eigenvalue weighted by atomic mass is 16.3. The molecule has 1 saturated heterocycles. The summed E-state index contributed by atoms with van der Waals surface area (Å²) in [4.78, 5) is 6.55. The zero-order chi connectivity index (χ0) is 13.0. The largest absolute Gasteiger partial charge is 0.393 e. The molecule has 102 valence electrons. The first-order valence-corrected chi connectivity index (χ1v) is 6.72. The van der Waals surface area contributed by atoms with Crippen LogP contribution in [-0.2, 0) is 13.1 Å². The molecule has 0 aromatic carbocycles. The Labute approximate surface area is 108 Å². The van der Waals surface area contributed by atoms with Crippen LogP contribution in [0.3, 0.4) is 0 Å². The van der Waals surface area contributed by atoms with Crippen molar-refractivity contribution in [2.24, 2.45) is 0 Å². The van der Waals surface area contributed by atoms with Crippen molar-refractivity contribution in [1.29, 1.82) is 0 Å². The third-order valence-electron chi connectivity index (χ3n) is 3.56. The van der Waals surface area contributed by atoms with Gasteiger partial charge in [0.05, 0.1) is 13.2 Å². The Balaban J connectivity index is 1.98. The predicted molar refractivity (Wildman–Crippen MR) is 69.1 cm³/mol. The Kier molecular flexibility index (Phi) is 4.37. The van der Waals surface area contributed by atoms with E-state index in [-0.39, 0.29) is 6.61 Å². The van der Waals surface area contributed by atoms with Gasteiger partial charge >= 0.3 is 0 Å². The summed E-state index contributed by atoms with van der Waals surface area (Å²) in [5.74, 6) is 1.04. The minimum absolute atomic E-state index is 0.160. The number of aliphatic hydroxyl groups is 2. The molecule has 1 fully saturated rings. The summed E-state index contributed by atoms with van der Waals surface area (Å²) in [5, 5.41) is 19.4. The Hall–Kier alpha value is -0.910. The molecular weight excluding hydrogens is 230 g/mol. The minimum atomic E-state index is -0.930. The van der Waals surface area contributed by atoms with Gasteiger partial charge in [0.1, 0.15) is 11.4 Å². The van der Waals surface area contributed by atoms with Crippen LogP contribution in [0.1, 0.15) is 32.0 Å². The molecule has 0 radical (unpaired) electrons. The lowest BCUT2D eigenvalue weighted by atomic mass is 9.94. The van der Waals surface area contributed by atoms with Gasteiger partial charge in [-0.3, -0.25) is 4.90 Å². The van der Waals surface area contributed by atoms with Crippen molar-refractivity contribution in [2.75, 3.05) is 19.7 Å². The average molecular weight is 253 g/mol. The van der Waals surface area contributed by atoms with E-state index in [9.17, 15) is 10.2 Å². The number of hydrogen-bond donors (Lipinski definition) is 2. The topological polar surface area (TPSA) is 61.5 Å². The smallest absolute Gasteiger partial charge is 0.122 e. The molecular formula is C13H23N3O2. The zero-order valence-corrected chi connectivity index (χ0v) is 11.0. The van der Waals surface area contributed by atoms with E-state index >= 15 is 0 Å². The van der Waals surface area contributed by atoms with Crippen molar-refractivity contribution >= 4 is 0 Å². The molecule has 0 aliphatic carbocycles. The van der Waals surface area contributed by atoms with Gasteiger partial charge in [0, 0.05) is 25.5 Å². The van der Waals surface area contributed by atoms with Crippen molar-refractivity contribution in [1.82, 2.24) is 14.5 Å². The third-order valence-corrected chi connectivity index (χ3v) is 3.56. The van der Waals surface area contributed by atoms with Gasteiger partial charge in [0.2, 0.25) is 0 Å². The van der Waals surface area contributed by atoms with E-state index in [4.69, 9.17) is 0 Å². The van der Waals surface area contributed by atoms with Crippen LogP contribution in [0.25, 0.3) is 0 Å². The monoisotopic (exact) mass is 253 g/mol. The third kappa shape index (κ3) is 3.10. The number of rotatable bonds is 5. The van der Waals surface area contributed by atoms with Crippen LogP contribution in [0.2, 0.25) is 0 Å². The second-order valence-electron chi connectivity index (χ2n) is 5.23. The fourth-order valence-electron chi connectivity index (χ4n) is 2.61. The van der Waals surface area contributed by atoms with Crippen molar-refractivity contribution in [2.45, 2.75) is 44.9 Å². The highest BCUT2D eigenvalue weighted by Crippen LogP contribution is 2.21. The first-order valence-electron chi connectivity index (χ1n) is 6.72. The van der Waals surface area contributed by atoms with Crippen LogP contribution in [0.4, 0.5) is 0 Å². The molecule has 0 amide bonds. The number of β-amino-alcohol motifs (C(OH)–C–C–N with tert-alkyl or cyclic N) is 1. The SMILES string of the molecule is CCCn1ccnc1CN1CCCC(O)(CO)C1. The van der Waals surface area contributed by atoms with Gasteiger partial charge in [0.15, 0.2) is 0 Å². The average Bonchev–Trinajstić information content (AvgIpc) is 2.77. The lowest BCUT2D eigenvalue weighted by Gasteiger charge is -2.37. The highest BCUT2D eigenvalue weighted by molar-refractivity contribution is 4.95. The first-order chi connectivity index (χ1) is 8.67. The number of aryl methyl sites for hydroxylation is 1. The van der Waals surface area contributed by atoms with Gasteiger partial charge in [-0.25, -0.2) is 4.98 Å². The Bertz CT molecular complexity index is 380. The van der Waals surface area contributed by atoms with Gasteiger partial charge in [0.25, 0.3) is 0 Å². The quantitative estimate of drug-likeness (QED) is 0.807. The van der Waals surface area contributed by atoms with Crippen molar-refractivity contribution < 1.29 is 10.2 Å². The zero-order valence-electron chi connectivity index (χ0n) is 11.0. The second kappa shape index (κ2) is 5.82. The second-order valence-corrected chi connectivity index (χ2v) is 5.23. The van der Waals surface area contributed by atoms with Gasteiger partial charge in [-0.2, -0.15) is 0 Å². The molecule has 2 heterocycles. The summed E-state index contributed by atoms with van der Waals surface area (Å²) >= 11 is 0. The Morgan fingerprint density at radius 3 is 3.06 bits per heavy atom. The van der Waals surface area contributed by atoms with Gasteiger partial charge in [-0.1, -0.05) is 6.92 Å². The standard InChI is InChI=1S/C13H23N3O2/c1-2-6-16-8-5-14-12(16)9-15-7-3-4-13(18,10-15)11-17/h5,8,17-18H,2-4,6-7,9-11H2,1H3. The normalized spacial score (nSPS) is 25.5. The predicted octanol–water partition coefficient (Wildman–Crippen LogP) is 0.612. The fourth-order valence-corrected chi connectivity index (χ4v) is 2.61. The molecule has 1 aliphatic rings. The molecule has 5 heteroatoms. The summed E-state index contributed by atoms with van der Waals surface area (Å²) < 4.78 is 2.16. The fraction of sp³-hybridized carbons (Fsp3) is 0.769. The van der Waals surface area contributed by atoms with Gasteiger partial charge < -0.3 is 14.8 Å². The van der Waals surface area contributed by atoms with Crippen LogP contribution in [-0.4, -0.2) is 50.0 Å². The van der Waals surface area contributed by atoms with Crippen molar-refractivity contribution in [3.8, 4) is 0 Å². The molecule has 2 rings (SSSR count). The molecule has 1 unspecified atom stereocenters. The number of imidazole rings is 1. The van der Waals surface area contributed by atoms with Crippen LogP contribution >= 0.6 is 0 Å². The summed E-state index contributed by atoms with van der Waals surface area (Å²) in [6.07, 6.45) is 6.52. The molecule has 1 aromatic heterocycles. The van der Waals surface area contributed by atoms with Crippen LogP contribution in [0.15, 0.2) is 12.4 Å². The molecule has 1 atom stereocenters. The number of piperidine rings is 1. The number of likely N-dealkylation sites (tertiary alicyclic amines) is 1. The molecule has 0 saturated carbocycles. The maximum absolute atomic E-state index is 10.1. The molecule has 2 N–H and O–H groups in total. The molecule has 5 nitrogen and oxygen atoms in total. The summed E-state index contributed by atoms with van der Waals surface area (Å²) in [5.41, 5.74) is -0.930. The van der Waals surface area contributed by atoms with E-state index in [2.05, 4.69) is 21.4 Å². The number of hydrogen-bond acceptors (Lipinski definition) is 4. The van der Waals surface area contributed by atoms with Crippen molar-refractivity contribution in [3.63, 3.8) is 0 Å². The summed E-state index contributed by atoms with van der Waals surface area (Å²) in [6.45, 7) is 5.20. The number of nitrogens with zero attached hydrogens (tertiary/aromatic N) is 3. The molecule has 18 heavy (non-hydrogen) atoms. The Morgan fingerprint density at radius 2 is 2.33 bits per heavy atom. The summed E-state index contributed by atoms with van der Waals surface area (Å²) in [6, 6.07) is 0. The van der Waals surface area contributed by atoms with Crippen LogP contribution in [0.5, 0.6) is 0 Å².